The van der Waals surface area contributed by atoms with Crippen molar-refractivity contribution in [2.75, 3.05) is 25.2 Å². The molecular weight excluding hydrogens is 262 g/mol. The number of hydrogen-bond acceptors (Lipinski definition) is 5. The third kappa shape index (κ3) is 6.16. The van der Waals surface area contributed by atoms with E-state index >= 15 is 0 Å². The van der Waals surface area contributed by atoms with Crippen LogP contribution in [0.2, 0.25) is 0 Å². The molecule has 0 spiro atoms. The van der Waals surface area contributed by atoms with Gasteiger partial charge in [0, 0.05) is 5.75 Å². The zero-order valence-electron chi connectivity index (χ0n) is 10.9. The van der Waals surface area contributed by atoms with Crippen LogP contribution in [0.15, 0.2) is 24.3 Å². The molecule has 0 N–H and O–H groups in total. The predicted molar refractivity (Wildman–Crippen MR) is 75.2 cm³/mol. The van der Waals surface area contributed by atoms with E-state index < -0.39 is 0 Å². The number of rotatable bonds is 8. The number of nitrogens with zero attached hydrogens (tertiary/aromatic N) is 1. The van der Waals surface area contributed by atoms with Gasteiger partial charge in [-0.3, -0.25) is 4.79 Å². The lowest BCUT2D eigenvalue weighted by atomic mass is 10.2. The van der Waals surface area contributed by atoms with Crippen LogP contribution in [0.5, 0.6) is 5.75 Å². The summed E-state index contributed by atoms with van der Waals surface area (Å²) in [4.78, 5) is 10.9. The summed E-state index contributed by atoms with van der Waals surface area (Å²) in [6, 6.07) is 9.29. The Kier molecular flexibility index (Phi) is 7.52. The fourth-order valence-corrected chi connectivity index (χ4v) is 2.22. The maximum absolute atomic E-state index is 10.9. The highest BCUT2D eigenvalue weighted by molar-refractivity contribution is 7.99. The highest BCUT2D eigenvalue weighted by Gasteiger charge is 2.02. The molecule has 0 unspecified atom stereocenters. The molecule has 0 saturated carbocycles. The molecule has 1 aromatic carbocycles. The van der Waals surface area contributed by atoms with Gasteiger partial charge in [0.15, 0.2) is 0 Å². The lowest BCUT2D eigenvalue weighted by Gasteiger charge is -2.07. The molecule has 4 nitrogen and oxygen atoms in total. The van der Waals surface area contributed by atoms with Crippen LogP contribution in [-0.2, 0) is 9.53 Å². The first kappa shape index (κ1) is 15.4. The molecule has 0 amide bonds. The standard InChI is InChI=1S/C14H17NO3S/c1-17-14(16)7-10-19-9-4-8-18-13-6-3-2-5-12(13)11-15/h2-3,5-6H,4,7-10H2,1H3. The number of esters is 1. The van der Waals surface area contributed by atoms with Gasteiger partial charge in [-0.1, -0.05) is 12.1 Å². The Morgan fingerprint density at radius 3 is 2.89 bits per heavy atom. The highest BCUT2D eigenvalue weighted by Crippen LogP contribution is 2.17. The Morgan fingerprint density at radius 2 is 2.16 bits per heavy atom. The molecule has 0 heterocycles. The summed E-state index contributed by atoms with van der Waals surface area (Å²) in [5, 5.41) is 8.89. The number of benzene rings is 1. The minimum atomic E-state index is -0.174. The number of para-hydroxylation sites is 1. The van der Waals surface area contributed by atoms with Crippen molar-refractivity contribution in [1.29, 1.82) is 5.26 Å². The number of methoxy groups -OCH3 is 1. The van der Waals surface area contributed by atoms with E-state index in [1.165, 1.54) is 7.11 Å². The predicted octanol–water partition coefficient (Wildman–Crippen LogP) is 2.62. The molecule has 0 fully saturated rings. The first-order valence-electron chi connectivity index (χ1n) is 6.04. The van der Waals surface area contributed by atoms with Crippen molar-refractivity contribution in [2.24, 2.45) is 0 Å². The Hall–Kier alpha value is -1.67. The smallest absolute Gasteiger partial charge is 0.306 e. The summed E-state index contributed by atoms with van der Waals surface area (Å²) in [5.41, 5.74) is 0.556. The Morgan fingerprint density at radius 1 is 1.37 bits per heavy atom. The van der Waals surface area contributed by atoms with E-state index in [0.29, 0.717) is 24.3 Å². The van der Waals surface area contributed by atoms with Crippen molar-refractivity contribution in [2.45, 2.75) is 12.8 Å². The molecule has 1 aromatic rings. The van der Waals surface area contributed by atoms with E-state index in [-0.39, 0.29) is 5.97 Å². The first-order valence-corrected chi connectivity index (χ1v) is 7.20. The molecule has 1 rings (SSSR count). The molecule has 0 aromatic heterocycles. The van der Waals surface area contributed by atoms with E-state index in [9.17, 15) is 4.79 Å². The van der Waals surface area contributed by atoms with Gasteiger partial charge in [-0.2, -0.15) is 17.0 Å². The maximum Gasteiger partial charge on any atom is 0.306 e. The van der Waals surface area contributed by atoms with Crippen molar-refractivity contribution >= 4 is 17.7 Å². The molecule has 19 heavy (non-hydrogen) atoms. The number of thioether (sulfide) groups is 1. The molecule has 0 atom stereocenters. The third-order valence-corrected chi connectivity index (χ3v) is 3.45. The minimum absolute atomic E-state index is 0.174. The second kappa shape index (κ2) is 9.29. The van der Waals surface area contributed by atoms with E-state index in [2.05, 4.69) is 10.8 Å². The average molecular weight is 279 g/mol. The molecule has 0 aliphatic rings. The molecule has 0 aliphatic carbocycles. The SMILES string of the molecule is COC(=O)CCSCCCOc1ccccc1C#N. The number of carbonyl (C=O) groups is 1. The summed E-state index contributed by atoms with van der Waals surface area (Å²) < 4.78 is 10.1. The van der Waals surface area contributed by atoms with Gasteiger partial charge in [-0.25, -0.2) is 0 Å². The molecular formula is C14H17NO3S. The van der Waals surface area contributed by atoms with Gasteiger partial charge in [0.2, 0.25) is 0 Å². The van der Waals surface area contributed by atoms with Crippen LogP contribution in [0.4, 0.5) is 0 Å². The maximum atomic E-state index is 10.9. The van der Waals surface area contributed by atoms with Gasteiger partial charge < -0.3 is 9.47 Å². The fourth-order valence-electron chi connectivity index (χ4n) is 1.39. The zero-order chi connectivity index (χ0) is 13.9. The van der Waals surface area contributed by atoms with Gasteiger partial charge in [0.1, 0.15) is 11.8 Å². The van der Waals surface area contributed by atoms with Gasteiger partial charge in [-0.15, -0.1) is 0 Å². The van der Waals surface area contributed by atoms with Crippen LogP contribution in [0.25, 0.3) is 0 Å². The van der Waals surface area contributed by atoms with Crippen molar-refractivity contribution in [1.82, 2.24) is 0 Å². The molecule has 102 valence electrons. The van der Waals surface area contributed by atoms with E-state index in [1.54, 1.807) is 23.9 Å². The van der Waals surface area contributed by atoms with Crippen LogP contribution in [0, 0.1) is 11.3 Å². The average Bonchev–Trinajstić information content (AvgIpc) is 2.46. The molecule has 0 bridgehead atoms. The van der Waals surface area contributed by atoms with Gasteiger partial charge in [0.25, 0.3) is 0 Å². The van der Waals surface area contributed by atoms with Crippen molar-refractivity contribution in [3.8, 4) is 11.8 Å². The van der Waals surface area contributed by atoms with Crippen molar-refractivity contribution < 1.29 is 14.3 Å². The largest absolute Gasteiger partial charge is 0.492 e. The monoisotopic (exact) mass is 279 g/mol. The van der Waals surface area contributed by atoms with Crippen LogP contribution < -0.4 is 4.74 Å². The fraction of sp³-hybridized carbons (Fsp3) is 0.429. The van der Waals surface area contributed by atoms with E-state index in [4.69, 9.17) is 10.00 Å². The number of ether oxygens (including phenoxy) is 2. The second-order valence-electron chi connectivity index (χ2n) is 3.75. The van der Waals surface area contributed by atoms with Gasteiger partial charge in [0.05, 0.1) is 25.7 Å². The van der Waals surface area contributed by atoms with Crippen LogP contribution >= 0.6 is 11.8 Å². The second-order valence-corrected chi connectivity index (χ2v) is 4.97. The summed E-state index contributed by atoms with van der Waals surface area (Å²) in [6.45, 7) is 0.573. The highest BCUT2D eigenvalue weighted by atomic mass is 32.2. The van der Waals surface area contributed by atoms with Crippen molar-refractivity contribution in [3.63, 3.8) is 0 Å². The summed E-state index contributed by atoms with van der Waals surface area (Å²) in [7, 11) is 1.40. The first-order chi connectivity index (χ1) is 9.27. The quantitative estimate of drug-likeness (QED) is 0.541. The molecule has 0 saturated heterocycles. The Bertz CT molecular complexity index is 443. The summed E-state index contributed by atoms with van der Waals surface area (Å²) in [6.07, 6.45) is 1.32. The minimum Gasteiger partial charge on any atom is -0.492 e. The number of nitriles is 1. The van der Waals surface area contributed by atoms with Crippen molar-refractivity contribution in [3.05, 3.63) is 29.8 Å². The van der Waals surface area contributed by atoms with E-state index in [1.807, 2.05) is 12.1 Å². The van der Waals surface area contributed by atoms with E-state index in [0.717, 1.165) is 17.9 Å². The normalized spacial score (nSPS) is 9.68. The number of carbonyl (C=O) groups excluding carboxylic acids is 1. The Labute approximate surface area is 117 Å². The lowest BCUT2D eigenvalue weighted by Crippen LogP contribution is -2.03. The van der Waals surface area contributed by atoms with Gasteiger partial charge in [-0.05, 0) is 24.3 Å². The molecule has 0 aliphatic heterocycles. The molecule has 0 radical (unpaired) electrons. The van der Waals surface area contributed by atoms with Crippen LogP contribution in [0.3, 0.4) is 0 Å². The third-order valence-electron chi connectivity index (χ3n) is 2.38. The molecule has 5 heteroatoms. The topological polar surface area (TPSA) is 59.3 Å². The summed E-state index contributed by atoms with van der Waals surface area (Å²) in [5.74, 6) is 2.14. The number of hydrogen-bond donors (Lipinski definition) is 0. The zero-order valence-corrected chi connectivity index (χ0v) is 11.7. The van der Waals surface area contributed by atoms with Crippen LogP contribution in [0.1, 0.15) is 18.4 Å². The van der Waals surface area contributed by atoms with Gasteiger partial charge >= 0.3 is 5.97 Å². The van der Waals surface area contributed by atoms with Crippen LogP contribution in [-0.4, -0.2) is 31.2 Å². The lowest BCUT2D eigenvalue weighted by molar-refractivity contribution is -0.140. The summed E-state index contributed by atoms with van der Waals surface area (Å²) >= 11 is 1.70. The Balaban J connectivity index is 2.11.